The Morgan fingerprint density at radius 1 is 1.11 bits per heavy atom. The summed E-state index contributed by atoms with van der Waals surface area (Å²) in [4.78, 5) is 26.0. The van der Waals surface area contributed by atoms with E-state index in [4.69, 9.17) is 15.2 Å². The van der Waals surface area contributed by atoms with Gasteiger partial charge in [-0.2, -0.15) is 0 Å². The fraction of sp³-hybridized carbons (Fsp3) is 0.500. The Morgan fingerprint density at radius 3 is 2.66 bits per heavy atom. The monoisotopic (exact) mass is 599 g/mol. The third-order valence-corrected chi connectivity index (χ3v) is 11.8. The van der Waals surface area contributed by atoms with E-state index in [2.05, 4.69) is 6.92 Å². The van der Waals surface area contributed by atoms with Crippen LogP contribution in [0.5, 0.6) is 0 Å². The van der Waals surface area contributed by atoms with Crippen molar-refractivity contribution in [1.29, 1.82) is 0 Å². The Balaban J connectivity index is 1.19. The molecule has 9 atom stereocenters. The normalized spacial score (nSPS) is 38.8. The van der Waals surface area contributed by atoms with Crippen LogP contribution >= 0.6 is 0 Å². The van der Waals surface area contributed by atoms with Crippen molar-refractivity contribution in [3.05, 3.63) is 88.5 Å². The highest BCUT2D eigenvalue weighted by Gasteiger charge is 2.75. The summed E-state index contributed by atoms with van der Waals surface area (Å²) in [7, 11) is 0. The van der Waals surface area contributed by atoms with Gasteiger partial charge in [0.2, 0.25) is 0 Å². The van der Waals surface area contributed by atoms with E-state index in [1.165, 1.54) is 0 Å². The van der Waals surface area contributed by atoms with Gasteiger partial charge in [0, 0.05) is 33.6 Å². The SMILES string of the molecule is C[C@]12C=CC(=O)C=C1CC[C@@H]1[C@@H]2[C@@H](O)C[C@@]2(C)[C@H]1C[C@H]1O[C@@H](c3cccc(Cc4ccc(CO)c(N)c4)c3)O[C@]12C(=O)CO. The van der Waals surface area contributed by atoms with Gasteiger partial charge in [-0.3, -0.25) is 9.59 Å². The number of Topliss-reactive ketones (excluding diaryl/α,β-unsaturated/α-hetero) is 1. The second-order valence-electron chi connectivity index (χ2n) is 14.0. The Bertz CT molecular complexity index is 1580. The van der Waals surface area contributed by atoms with Gasteiger partial charge in [-0.1, -0.05) is 61.9 Å². The lowest BCUT2D eigenvalue weighted by molar-refractivity contribution is -0.201. The molecule has 44 heavy (non-hydrogen) atoms. The first-order valence-electron chi connectivity index (χ1n) is 15.7. The fourth-order valence-corrected chi connectivity index (χ4v) is 9.82. The number of nitrogen functional groups attached to an aromatic ring is 1. The third-order valence-electron chi connectivity index (χ3n) is 11.8. The zero-order valence-corrected chi connectivity index (χ0v) is 25.2. The fourth-order valence-electron chi connectivity index (χ4n) is 9.82. The van der Waals surface area contributed by atoms with Crippen molar-refractivity contribution in [3.63, 3.8) is 0 Å². The van der Waals surface area contributed by atoms with E-state index in [0.717, 1.165) is 35.1 Å². The maximum absolute atomic E-state index is 13.8. The van der Waals surface area contributed by atoms with E-state index >= 15 is 0 Å². The Morgan fingerprint density at radius 2 is 1.91 bits per heavy atom. The predicted octanol–water partition coefficient (Wildman–Crippen LogP) is 3.95. The number of allylic oxidation sites excluding steroid dienone is 4. The largest absolute Gasteiger partial charge is 0.398 e. The molecule has 0 aromatic heterocycles. The molecule has 1 aliphatic heterocycles. The molecule has 4 aliphatic carbocycles. The van der Waals surface area contributed by atoms with Gasteiger partial charge >= 0.3 is 0 Å². The summed E-state index contributed by atoms with van der Waals surface area (Å²) in [6.07, 6.45) is 6.40. The molecule has 1 heterocycles. The van der Waals surface area contributed by atoms with Gasteiger partial charge in [-0.05, 0) is 73.3 Å². The Labute approximate surface area is 257 Å². The number of anilines is 1. The summed E-state index contributed by atoms with van der Waals surface area (Å²) in [5.41, 5.74) is 8.67. The van der Waals surface area contributed by atoms with Gasteiger partial charge in [0.05, 0.1) is 18.8 Å². The van der Waals surface area contributed by atoms with Crippen LogP contribution in [0, 0.1) is 28.6 Å². The molecule has 0 unspecified atom stereocenters. The lowest BCUT2D eigenvalue weighted by Gasteiger charge is -2.59. The number of ketones is 2. The zero-order valence-electron chi connectivity index (χ0n) is 25.2. The molecule has 0 amide bonds. The summed E-state index contributed by atoms with van der Waals surface area (Å²) in [6, 6.07) is 13.5. The number of aliphatic hydroxyl groups excluding tert-OH is 3. The van der Waals surface area contributed by atoms with E-state index in [-0.39, 0.29) is 30.1 Å². The maximum Gasteiger partial charge on any atom is 0.193 e. The van der Waals surface area contributed by atoms with E-state index in [0.29, 0.717) is 30.5 Å². The van der Waals surface area contributed by atoms with Gasteiger partial charge in [-0.15, -0.1) is 0 Å². The van der Waals surface area contributed by atoms with Crippen molar-refractivity contribution in [3.8, 4) is 0 Å². The summed E-state index contributed by atoms with van der Waals surface area (Å²) < 4.78 is 13.4. The summed E-state index contributed by atoms with van der Waals surface area (Å²) >= 11 is 0. The molecule has 8 heteroatoms. The average molecular weight is 600 g/mol. The van der Waals surface area contributed by atoms with Gasteiger partial charge in [-0.25, -0.2) is 0 Å². The number of carbonyl (C=O) groups excluding carboxylic acids is 2. The minimum atomic E-state index is -1.39. The maximum atomic E-state index is 13.8. The van der Waals surface area contributed by atoms with Crippen LogP contribution in [-0.4, -0.2) is 51.3 Å². The van der Waals surface area contributed by atoms with Crippen molar-refractivity contribution < 1.29 is 34.4 Å². The number of fused-ring (bicyclic) bond motifs is 7. The first-order chi connectivity index (χ1) is 21.0. The van der Waals surface area contributed by atoms with Crippen molar-refractivity contribution in [2.45, 2.75) is 76.7 Å². The van der Waals surface area contributed by atoms with Crippen molar-refractivity contribution >= 4 is 17.3 Å². The lowest BCUT2D eigenvalue weighted by Crippen LogP contribution is -2.63. The van der Waals surface area contributed by atoms with Crippen molar-refractivity contribution in [2.75, 3.05) is 12.3 Å². The summed E-state index contributed by atoms with van der Waals surface area (Å²) in [6.45, 7) is 3.39. The number of rotatable bonds is 6. The highest BCUT2D eigenvalue weighted by atomic mass is 16.7. The molecule has 1 saturated heterocycles. The Hall–Kier alpha value is -3.14. The van der Waals surface area contributed by atoms with Gasteiger partial charge in [0.1, 0.15) is 6.61 Å². The molecule has 0 spiro atoms. The number of hydrogen-bond acceptors (Lipinski definition) is 8. The van der Waals surface area contributed by atoms with E-state index in [1.54, 1.807) is 12.2 Å². The second-order valence-corrected chi connectivity index (χ2v) is 14.0. The minimum absolute atomic E-state index is 0.00500. The summed E-state index contributed by atoms with van der Waals surface area (Å²) in [5, 5.41) is 31.6. The molecule has 2 aromatic carbocycles. The van der Waals surface area contributed by atoms with Crippen LogP contribution in [0.4, 0.5) is 5.69 Å². The Kier molecular flexibility index (Phi) is 7.03. The smallest absolute Gasteiger partial charge is 0.193 e. The first-order valence-corrected chi connectivity index (χ1v) is 15.7. The van der Waals surface area contributed by atoms with Crippen LogP contribution in [-0.2, 0) is 32.1 Å². The van der Waals surface area contributed by atoms with Crippen LogP contribution in [0.15, 0.2) is 66.3 Å². The van der Waals surface area contributed by atoms with Crippen LogP contribution in [0.25, 0.3) is 0 Å². The lowest BCUT2D eigenvalue weighted by atomic mass is 9.46. The summed E-state index contributed by atoms with van der Waals surface area (Å²) in [5.74, 6) is -0.341. The average Bonchev–Trinajstić information content (AvgIpc) is 3.50. The van der Waals surface area contributed by atoms with E-state index in [1.807, 2.05) is 55.5 Å². The van der Waals surface area contributed by atoms with Crippen LogP contribution in [0.1, 0.15) is 68.1 Å². The molecule has 7 rings (SSSR count). The number of nitrogens with two attached hydrogens (primary N) is 1. The first kappa shape index (κ1) is 29.6. The molecule has 0 bridgehead atoms. The molecular weight excluding hydrogens is 558 g/mol. The molecule has 0 radical (unpaired) electrons. The number of hydrogen-bond donors (Lipinski definition) is 4. The molecule has 5 N–H and O–H groups in total. The van der Waals surface area contributed by atoms with Gasteiger partial charge in [0.25, 0.3) is 0 Å². The van der Waals surface area contributed by atoms with Crippen molar-refractivity contribution in [2.24, 2.45) is 28.6 Å². The standard InChI is InChI=1S/C36H41NO7/c1-34-11-10-25(40)15-24(34)8-9-26-27-16-31-36(30(42)19-39,35(27,2)17-29(41)32(26)34)44-33(43-31)22-5-3-4-20(13-22)12-21-6-7-23(18-38)28(37)14-21/h3-7,10-11,13-15,26-27,29,31-33,38-39,41H,8-9,12,16-19,37H2,1-2H3/t26-,27-,29-,31+,32+,33+,34-,35-,36+/m0/s1. The molecule has 232 valence electrons. The molecular formula is C36H41NO7. The number of ether oxygens (including phenoxy) is 2. The van der Waals surface area contributed by atoms with E-state index in [9.17, 15) is 24.9 Å². The molecule has 4 fully saturated rings. The van der Waals surface area contributed by atoms with Crippen LogP contribution in [0.3, 0.4) is 0 Å². The second kappa shape index (κ2) is 10.5. The van der Waals surface area contributed by atoms with Crippen molar-refractivity contribution in [1.82, 2.24) is 0 Å². The van der Waals surface area contributed by atoms with E-state index < -0.39 is 47.3 Å². The number of carbonyl (C=O) groups is 2. The molecule has 5 aliphatic rings. The predicted molar refractivity (Wildman–Crippen MR) is 163 cm³/mol. The van der Waals surface area contributed by atoms with Gasteiger partial charge < -0.3 is 30.5 Å². The molecule has 2 aromatic rings. The molecule has 8 nitrogen and oxygen atoms in total. The highest BCUT2D eigenvalue weighted by Crippen LogP contribution is 2.70. The zero-order chi connectivity index (χ0) is 31.0. The van der Waals surface area contributed by atoms with Crippen LogP contribution in [0.2, 0.25) is 0 Å². The minimum Gasteiger partial charge on any atom is -0.398 e. The highest BCUT2D eigenvalue weighted by molar-refractivity contribution is 6.01. The molecule has 3 saturated carbocycles. The van der Waals surface area contributed by atoms with Gasteiger partial charge in [0.15, 0.2) is 23.5 Å². The third kappa shape index (κ3) is 4.15. The quantitative estimate of drug-likeness (QED) is 0.366. The number of benzene rings is 2. The van der Waals surface area contributed by atoms with Crippen LogP contribution < -0.4 is 5.73 Å². The topological polar surface area (TPSA) is 139 Å². The number of aliphatic hydroxyl groups is 3.